The lowest BCUT2D eigenvalue weighted by atomic mass is 9.43. The van der Waals surface area contributed by atoms with E-state index in [0.29, 0.717) is 58.8 Å². The third kappa shape index (κ3) is 6.55. The third-order valence-electron chi connectivity index (χ3n) is 12.7. The van der Waals surface area contributed by atoms with Gasteiger partial charge >= 0.3 is 5.97 Å². The van der Waals surface area contributed by atoms with Gasteiger partial charge in [0, 0.05) is 25.2 Å². The number of ether oxygens (including phenoxy) is 1. The van der Waals surface area contributed by atoms with Gasteiger partial charge in [-0.3, -0.25) is 9.78 Å². The van der Waals surface area contributed by atoms with Gasteiger partial charge in [-0.05, 0) is 142 Å². The second kappa shape index (κ2) is 13.4. The summed E-state index contributed by atoms with van der Waals surface area (Å²) >= 11 is 0. The highest BCUT2D eigenvalue weighted by atomic mass is 16.5. The van der Waals surface area contributed by atoms with E-state index in [2.05, 4.69) is 42.5 Å². The number of nitrogens with zero attached hydrogens (tertiary/aromatic N) is 1. The number of methoxy groups -OCH3 is 1. The zero-order chi connectivity index (χ0) is 29.0. The number of hydrogen-bond acceptors (Lipinski definition) is 6. The number of fused-ring (bicyclic) bond motifs is 5. The first-order valence-corrected chi connectivity index (χ1v) is 16.8. The number of aromatic nitrogens is 1. The van der Waals surface area contributed by atoms with E-state index in [4.69, 9.17) is 4.74 Å². The molecule has 0 aliphatic heterocycles. The number of aliphatic hydroxyl groups excluding tert-OH is 1. The van der Waals surface area contributed by atoms with Crippen LogP contribution in [0.15, 0.2) is 24.4 Å². The molecular formula is C35H57N3O3. The number of hydrogen-bond donors (Lipinski definition) is 3. The summed E-state index contributed by atoms with van der Waals surface area (Å²) in [6, 6.07) is 6.67. The third-order valence-corrected chi connectivity index (χ3v) is 12.7. The first-order chi connectivity index (χ1) is 19.8. The molecule has 0 aromatic carbocycles. The molecule has 0 amide bonds. The maximum atomic E-state index is 11.8. The zero-order valence-corrected chi connectivity index (χ0v) is 26.2. The van der Waals surface area contributed by atoms with Crippen molar-refractivity contribution in [2.45, 2.75) is 117 Å². The SMILES string of the molecule is COC(=O)CCC(C)C1CCC2C3C(O)CC4CC(NCCCCNCc5ccccn5)CCC4(C)C3CCC12C. The van der Waals surface area contributed by atoms with Gasteiger partial charge in [-0.1, -0.05) is 26.8 Å². The summed E-state index contributed by atoms with van der Waals surface area (Å²) in [6.07, 6.45) is 15.4. The molecule has 1 aromatic rings. The standard InChI is InChI=1S/C35H57N3O3/c1-24(10-13-32(40)41-4)28-11-12-29-33-30(15-17-35(28,29)3)34(2)16-14-26(21-25(34)22-31(33)39)37-20-8-7-18-36-23-27-9-5-6-19-38-27/h5-6,9,19,24-26,28-31,33,36-37,39H,7-8,10-18,20-23H2,1-4H3. The van der Waals surface area contributed by atoms with Crippen molar-refractivity contribution in [2.75, 3.05) is 20.2 Å². The maximum Gasteiger partial charge on any atom is 0.305 e. The molecule has 4 fully saturated rings. The highest BCUT2D eigenvalue weighted by Gasteiger charge is 2.62. The van der Waals surface area contributed by atoms with Crippen LogP contribution in [-0.2, 0) is 16.1 Å². The zero-order valence-electron chi connectivity index (χ0n) is 26.2. The van der Waals surface area contributed by atoms with Crippen LogP contribution >= 0.6 is 0 Å². The van der Waals surface area contributed by atoms with E-state index in [9.17, 15) is 9.90 Å². The Labute approximate surface area is 249 Å². The molecule has 0 bridgehead atoms. The molecule has 10 atom stereocenters. The largest absolute Gasteiger partial charge is 0.469 e. The summed E-state index contributed by atoms with van der Waals surface area (Å²) in [5.41, 5.74) is 1.77. The van der Waals surface area contributed by atoms with Crippen LogP contribution in [0.25, 0.3) is 0 Å². The Kier molecular flexibility index (Phi) is 10.1. The van der Waals surface area contributed by atoms with Crippen LogP contribution in [0.5, 0.6) is 0 Å². The number of nitrogens with one attached hydrogen (secondary N) is 2. The number of carbonyl (C=O) groups excluding carboxylic acids is 1. The van der Waals surface area contributed by atoms with Gasteiger partial charge in [0.2, 0.25) is 0 Å². The van der Waals surface area contributed by atoms with E-state index < -0.39 is 0 Å². The summed E-state index contributed by atoms with van der Waals surface area (Å²) in [6.45, 7) is 10.5. The number of esters is 1. The molecule has 41 heavy (non-hydrogen) atoms. The smallest absolute Gasteiger partial charge is 0.305 e. The summed E-state index contributed by atoms with van der Waals surface area (Å²) in [5, 5.41) is 19.1. The summed E-state index contributed by atoms with van der Waals surface area (Å²) in [4.78, 5) is 16.2. The number of aliphatic hydroxyl groups is 1. The van der Waals surface area contributed by atoms with Gasteiger partial charge in [-0.2, -0.15) is 0 Å². The second-order valence-electron chi connectivity index (χ2n) is 14.7. The Balaban J connectivity index is 1.10. The molecule has 0 spiro atoms. The van der Waals surface area contributed by atoms with E-state index in [1.54, 1.807) is 0 Å². The van der Waals surface area contributed by atoms with Gasteiger partial charge in [0.05, 0.1) is 18.9 Å². The average Bonchev–Trinajstić information content (AvgIpc) is 3.33. The van der Waals surface area contributed by atoms with Crippen LogP contribution in [0.4, 0.5) is 0 Å². The molecule has 5 rings (SSSR count). The lowest BCUT2D eigenvalue weighted by Gasteiger charge is -2.62. The van der Waals surface area contributed by atoms with E-state index >= 15 is 0 Å². The summed E-state index contributed by atoms with van der Waals surface area (Å²) < 4.78 is 4.92. The van der Waals surface area contributed by atoms with Crippen molar-refractivity contribution >= 4 is 5.97 Å². The minimum Gasteiger partial charge on any atom is -0.469 e. The minimum atomic E-state index is -0.157. The topological polar surface area (TPSA) is 83.5 Å². The normalized spacial score (nSPS) is 38.9. The number of pyridine rings is 1. The predicted molar refractivity (Wildman–Crippen MR) is 164 cm³/mol. The molecule has 3 N–H and O–H groups in total. The molecule has 0 saturated heterocycles. The highest BCUT2D eigenvalue weighted by molar-refractivity contribution is 5.69. The van der Waals surface area contributed by atoms with Crippen molar-refractivity contribution in [1.82, 2.24) is 15.6 Å². The molecule has 1 heterocycles. The second-order valence-corrected chi connectivity index (χ2v) is 14.7. The molecule has 6 nitrogen and oxygen atoms in total. The fourth-order valence-corrected chi connectivity index (χ4v) is 10.4. The van der Waals surface area contributed by atoms with Crippen LogP contribution in [0, 0.1) is 46.3 Å². The van der Waals surface area contributed by atoms with Crippen LogP contribution in [0.3, 0.4) is 0 Å². The summed E-state index contributed by atoms with van der Waals surface area (Å²) in [5.74, 6) is 3.47. The van der Waals surface area contributed by atoms with Gasteiger partial charge in [-0.25, -0.2) is 0 Å². The van der Waals surface area contributed by atoms with Gasteiger partial charge in [0.15, 0.2) is 0 Å². The molecule has 4 saturated carbocycles. The molecule has 6 heteroatoms. The molecule has 0 radical (unpaired) electrons. The number of rotatable bonds is 12. The van der Waals surface area contributed by atoms with Crippen molar-refractivity contribution in [2.24, 2.45) is 46.3 Å². The van der Waals surface area contributed by atoms with E-state index in [1.165, 1.54) is 64.9 Å². The molecular weight excluding hydrogens is 510 g/mol. The Morgan fingerprint density at radius 1 is 1.07 bits per heavy atom. The molecule has 10 unspecified atom stereocenters. The Morgan fingerprint density at radius 2 is 1.85 bits per heavy atom. The summed E-state index contributed by atoms with van der Waals surface area (Å²) in [7, 11) is 1.49. The lowest BCUT2D eigenvalue weighted by Crippen LogP contribution is -2.59. The van der Waals surface area contributed by atoms with Crippen LogP contribution in [-0.4, -0.2) is 48.4 Å². The Morgan fingerprint density at radius 3 is 2.63 bits per heavy atom. The first-order valence-electron chi connectivity index (χ1n) is 16.8. The molecule has 4 aliphatic rings. The predicted octanol–water partition coefficient (Wildman–Crippen LogP) is 6.13. The molecule has 230 valence electrons. The Bertz CT molecular complexity index is 990. The molecule has 4 aliphatic carbocycles. The first kappa shape index (κ1) is 30.9. The van der Waals surface area contributed by atoms with Gasteiger partial charge in [0.25, 0.3) is 0 Å². The van der Waals surface area contributed by atoms with E-state index in [-0.39, 0.29) is 12.1 Å². The fourth-order valence-electron chi connectivity index (χ4n) is 10.4. The minimum absolute atomic E-state index is 0.0827. The lowest BCUT2D eigenvalue weighted by molar-refractivity contribution is -0.167. The van der Waals surface area contributed by atoms with Crippen LogP contribution in [0.2, 0.25) is 0 Å². The fraction of sp³-hybridized carbons (Fsp3) is 0.829. The van der Waals surface area contributed by atoms with Crippen molar-refractivity contribution in [3.8, 4) is 0 Å². The quantitative estimate of drug-likeness (QED) is 0.208. The monoisotopic (exact) mass is 567 g/mol. The highest BCUT2D eigenvalue weighted by Crippen LogP contribution is 2.68. The number of carbonyl (C=O) groups is 1. The van der Waals surface area contributed by atoms with Gasteiger partial charge in [0.1, 0.15) is 0 Å². The van der Waals surface area contributed by atoms with Crippen molar-refractivity contribution in [3.63, 3.8) is 0 Å². The van der Waals surface area contributed by atoms with Crippen molar-refractivity contribution in [3.05, 3.63) is 30.1 Å². The van der Waals surface area contributed by atoms with Crippen LogP contribution in [0.1, 0.15) is 104 Å². The maximum absolute atomic E-state index is 11.8. The van der Waals surface area contributed by atoms with E-state index in [1.807, 2.05) is 18.3 Å². The van der Waals surface area contributed by atoms with Crippen molar-refractivity contribution < 1.29 is 14.6 Å². The van der Waals surface area contributed by atoms with Crippen LogP contribution < -0.4 is 10.6 Å². The van der Waals surface area contributed by atoms with E-state index in [0.717, 1.165) is 38.2 Å². The molecule has 1 aromatic heterocycles. The average molecular weight is 568 g/mol. The number of unbranched alkanes of at least 4 members (excludes halogenated alkanes) is 1. The van der Waals surface area contributed by atoms with Crippen molar-refractivity contribution in [1.29, 1.82) is 0 Å². The van der Waals surface area contributed by atoms with Gasteiger partial charge in [-0.15, -0.1) is 0 Å². The Hall–Kier alpha value is -1.50. The van der Waals surface area contributed by atoms with Gasteiger partial charge < -0.3 is 20.5 Å².